The van der Waals surface area contributed by atoms with Gasteiger partial charge in [0.25, 0.3) is 22.4 Å². The van der Waals surface area contributed by atoms with E-state index in [0.29, 0.717) is 9.13 Å². The van der Waals surface area contributed by atoms with E-state index in [0.717, 1.165) is 59.2 Å². The number of rotatable bonds is 24. The first-order valence-corrected chi connectivity index (χ1v) is 25.5. The maximum Gasteiger partial charge on any atom is 0.337 e. The summed E-state index contributed by atoms with van der Waals surface area (Å²) in [4.78, 5) is 128. The van der Waals surface area contributed by atoms with Crippen molar-refractivity contribution in [3.8, 4) is 29.8 Å². The van der Waals surface area contributed by atoms with E-state index in [4.69, 9.17) is 6.57 Å². The van der Waals surface area contributed by atoms with Gasteiger partial charge >= 0.3 is 35.8 Å². The van der Waals surface area contributed by atoms with Crippen molar-refractivity contribution in [3.05, 3.63) is 165 Å². The number of nitriles is 2. The number of aromatic nitrogens is 6. The Kier molecular flexibility index (Phi) is 19.2. The molecule has 0 aliphatic rings. The van der Waals surface area contributed by atoms with Crippen molar-refractivity contribution in [1.29, 1.82) is 10.5 Å². The number of nitrogens with zero attached hydrogens (tertiary/aromatic N) is 15. The van der Waals surface area contributed by atoms with Crippen LogP contribution in [-0.2, 0) is 13.1 Å². The minimum Gasteiger partial charge on any atom is -0.493 e. The molecule has 7 rings (SSSR count). The fourth-order valence-corrected chi connectivity index (χ4v) is 8.37. The molecule has 0 fully saturated rings. The van der Waals surface area contributed by atoms with E-state index in [1.807, 2.05) is 0 Å². The number of nitrogens with one attached hydrogen (secondary N) is 3. The summed E-state index contributed by atoms with van der Waals surface area (Å²) in [5, 5.41) is 143. The molecule has 0 saturated heterocycles. The van der Waals surface area contributed by atoms with Crippen molar-refractivity contribution in [1.82, 2.24) is 28.7 Å². The monoisotopic (exact) mass is 1240 g/mol. The second-order valence-corrected chi connectivity index (χ2v) is 18.6. The lowest BCUT2D eigenvalue weighted by Gasteiger charge is -2.17. The lowest BCUT2D eigenvalue weighted by Crippen LogP contribution is -2.27. The quantitative estimate of drug-likeness (QED) is 0.0160. The highest BCUT2D eigenvalue weighted by Crippen LogP contribution is 2.39. The van der Waals surface area contributed by atoms with E-state index in [1.54, 1.807) is 12.1 Å². The third-order valence-corrected chi connectivity index (χ3v) is 13.0. The lowest BCUT2D eigenvalue weighted by atomic mass is 10.1. The number of benzene rings is 3. The molecular weight excluding hydrogens is 1200 g/mol. The van der Waals surface area contributed by atoms with E-state index in [-0.39, 0.29) is 46.7 Å². The van der Waals surface area contributed by atoms with E-state index >= 15 is 0 Å². The summed E-state index contributed by atoms with van der Waals surface area (Å²) in [7, 11) is 0. The number of aromatic carboxylic acids is 6. The second kappa shape index (κ2) is 27.0. The Hall–Kier alpha value is -13.9. The van der Waals surface area contributed by atoms with E-state index in [1.165, 1.54) is 20.8 Å². The van der Waals surface area contributed by atoms with Gasteiger partial charge in [-0.25, -0.2) is 38.2 Å². The summed E-state index contributed by atoms with van der Waals surface area (Å²) in [5.41, 5.74) is -11.3. The second-order valence-electron chi connectivity index (χ2n) is 18.6. The van der Waals surface area contributed by atoms with Crippen LogP contribution in [0.15, 0.2) is 106 Å². The highest BCUT2D eigenvalue weighted by molar-refractivity contribution is 5.98. The minimum absolute atomic E-state index is 0.136. The van der Waals surface area contributed by atoms with Gasteiger partial charge < -0.3 is 61.9 Å². The van der Waals surface area contributed by atoms with Gasteiger partial charge in [-0.2, -0.15) is 25.5 Å². The van der Waals surface area contributed by atoms with Gasteiger partial charge in [-0.1, -0.05) is 6.58 Å². The number of carbonyl (C=O) groups is 6. The van der Waals surface area contributed by atoms with Crippen molar-refractivity contribution in [3.63, 3.8) is 0 Å². The van der Waals surface area contributed by atoms with Crippen LogP contribution in [0.3, 0.4) is 0 Å². The smallest absolute Gasteiger partial charge is 0.337 e. The van der Waals surface area contributed by atoms with Crippen molar-refractivity contribution in [2.24, 2.45) is 30.7 Å². The molecule has 36 nitrogen and oxygen atoms in total. The fraction of sp³-hybridized carbons (Fsp3) is 0.145. The molecule has 0 aliphatic carbocycles. The van der Waals surface area contributed by atoms with Gasteiger partial charge in [-0.15, -0.1) is 30.7 Å². The highest BCUT2D eigenvalue weighted by Gasteiger charge is 2.26. The molecule has 0 radical (unpaired) electrons. The summed E-state index contributed by atoms with van der Waals surface area (Å²) >= 11 is 0. The molecule has 4 aromatic heterocycles. The molecule has 0 spiro atoms. The Morgan fingerprint density at radius 2 is 0.912 bits per heavy atom. The molecule has 3 aromatic carbocycles. The van der Waals surface area contributed by atoms with Crippen LogP contribution in [0.1, 0.15) is 96.4 Å². The van der Waals surface area contributed by atoms with Crippen LogP contribution in [0, 0.1) is 50.0 Å². The van der Waals surface area contributed by atoms with Crippen LogP contribution in [0.2, 0.25) is 0 Å². The van der Waals surface area contributed by atoms with E-state index in [9.17, 15) is 99.6 Å². The number of anilines is 3. The van der Waals surface area contributed by atoms with Gasteiger partial charge in [-0.05, 0) is 87.4 Å². The molecule has 460 valence electrons. The van der Waals surface area contributed by atoms with Crippen molar-refractivity contribution in [2.45, 2.75) is 40.3 Å². The number of pyridine rings is 3. The molecule has 91 heavy (non-hydrogen) atoms. The van der Waals surface area contributed by atoms with Crippen molar-refractivity contribution >= 4 is 99.3 Å². The normalized spacial score (nSPS) is 11.0. The molecule has 0 atom stereocenters. The highest BCUT2D eigenvalue weighted by atomic mass is 16.4. The Labute approximate surface area is 506 Å². The van der Waals surface area contributed by atoms with Gasteiger partial charge in [0.05, 0.1) is 40.0 Å². The average molecular weight is 1240 g/mol. The van der Waals surface area contributed by atoms with Crippen LogP contribution in [-0.4, -0.2) is 124 Å². The molecule has 4 heterocycles. The molecule has 7 aromatic rings. The summed E-state index contributed by atoms with van der Waals surface area (Å²) < 4.78 is 1.83. The standard InChI is InChI=1S/C55H42N18O18/c1-22-32(20-56)41(74)71(43(76)38(22)68-65-34-17-26(47(80)81)7-10-29(34)50(86)87)15-6-13-59-53-62-54(60-14-16-72-42(75)33(21-57)23(2)39(44(72)77)69-66-35-18-27(48(82)83)8-11-30(35)51(88)89)64-55(63-53)61-25(4)73-45(78)37(58-5)24(3)40(46(73)79)70-67-36-19-28(49(84)85)9-12-31(36)52(90)91/h7-12,17-19,76-77,79H,4,6,13-16H2,1-3H3,(H,80,81)(H,82,83)(H,84,85)(H,86,87)(H,88,89)(H,90,91)(H3,59,60,61,62,63,64). The summed E-state index contributed by atoms with van der Waals surface area (Å²) in [6.07, 6.45) is -0.136. The molecule has 0 bridgehead atoms. The SMILES string of the molecule is [C-]#[N+]c1c(C)c(N=Nc2cc(C(=O)O)ccc2C(=O)O)c(O)n(C(=C)Nc2nc(NCCCn3c(O)c(N=Nc4cc(C(=O)O)ccc4C(=O)O)c(C)c(C#N)c3=O)nc(NCCn3c(O)c(N=Nc4cc(C(=O)O)ccc4C(=O)O)c(C)c(C#N)c3=O)n2)c1=O. The number of azo groups is 3. The number of hydrogen-bond acceptors (Lipinski definition) is 26. The number of aromatic hydroxyl groups is 3. The summed E-state index contributed by atoms with van der Waals surface area (Å²) in [5.74, 6) is -13.6. The first kappa shape index (κ1) is 64.7. The van der Waals surface area contributed by atoms with Gasteiger partial charge in [0.1, 0.15) is 51.8 Å². The fourth-order valence-electron chi connectivity index (χ4n) is 8.37. The van der Waals surface area contributed by atoms with Crippen molar-refractivity contribution in [2.75, 3.05) is 29.0 Å². The maximum atomic E-state index is 13.9. The largest absolute Gasteiger partial charge is 0.493 e. The van der Waals surface area contributed by atoms with Crippen molar-refractivity contribution < 1.29 is 74.7 Å². The summed E-state index contributed by atoms with van der Waals surface area (Å²) in [6, 6.07) is 11.9. The third-order valence-electron chi connectivity index (χ3n) is 13.0. The Balaban J connectivity index is 1.25. The first-order valence-electron chi connectivity index (χ1n) is 25.5. The molecule has 0 saturated carbocycles. The number of carboxylic acid groups (broad SMARTS) is 6. The molecular formula is C55H42N18O18. The Morgan fingerprint density at radius 3 is 1.29 bits per heavy atom. The molecule has 0 aliphatic heterocycles. The zero-order valence-corrected chi connectivity index (χ0v) is 46.8. The first-order chi connectivity index (χ1) is 43.1. The van der Waals surface area contributed by atoms with Gasteiger partial charge in [0.2, 0.25) is 35.5 Å². The third kappa shape index (κ3) is 13.6. The van der Waals surface area contributed by atoms with E-state index in [2.05, 4.69) is 73.0 Å². The zero-order chi connectivity index (χ0) is 66.9. The van der Waals surface area contributed by atoms with Crippen LogP contribution >= 0.6 is 0 Å². The van der Waals surface area contributed by atoms with Crippen LogP contribution in [0.25, 0.3) is 10.7 Å². The molecule has 0 unspecified atom stereocenters. The molecule has 0 amide bonds. The topological polar surface area (TPSA) is 551 Å². The van der Waals surface area contributed by atoms with Gasteiger partial charge in [0, 0.05) is 37.3 Å². The molecule has 12 N–H and O–H groups in total. The lowest BCUT2D eigenvalue weighted by molar-refractivity contribution is 0.0682. The Bertz CT molecular complexity index is 4740. The minimum atomic E-state index is -1.55. The number of carboxylic acids is 6. The maximum absolute atomic E-state index is 13.9. The predicted octanol–water partition coefficient (Wildman–Crippen LogP) is 7.28. The van der Waals surface area contributed by atoms with Gasteiger partial charge in [0.15, 0.2) is 11.4 Å². The zero-order valence-electron chi connectivity index (χ0n) is 46.8. The number of hydrogen-bond donors (Lipinski definition) is 12. The van der Waals surface area contributed by atoms with Crippen LogP contribution in [0.4, 0.5) is 57.7 Å². The van der Waals surface area contributed by atoms with Gasteiger partial charge in [-0.3, -0.25) is 23.5 Å². The van der Waals surface area contributed by atoms with Crippen LogP contribution in [0.5, 0.6) is 17.6 Å². The van der Waals surface area contributed by atoms with Crippen LogP contribution < -0.4 is 32.6 Å². The molecule has 36 heteroatoms. The van der Waals surface area contributed by atoms with E-state index < -0.39 is 181 Å². The average Bonchev–Trinajstić information content (AvgIpc) is 0.865. The summed E-state index contributed by atoms with van der Waals surface area (Å²) in [6.45, 7) is 13.6. The Morgan fingerprint density at radius 1 is 0.538 bits per heavy atom. The predicted molar refractivity (Wildman–Crippen MR) is 311 cm³/mol.